The molecule has 0 saturated carbocycles. The molecule has 6 nitrogen and oxygen atoms in total. The van der Waals surface area contributed by atoms with Crippen LogP contribution in [0.1, 0.15) is 16.7 Å². The SMILES string of the molecule is CN(CC(=O)Nc1ccc2c(c1)-c1ccccc1C2)S(=O)(=O)c1ccccc1C#N. The molecule has 1 N–H and O–H groups in total. The summed E-state index contributed by atoms with van der Waals surface area (Å²) in [5.41, 5.74) is 5.32. The van der Waals surface area contributed by atoms with Gasteiger partial charge in [0.15, 0.2) is 0 Å². The first-order valence-corrected chi connectivity index (χ1v) is 10.8. The summed E-state index contributed by atoms with van der Waals surface area (Å²) in [6, 6.07) is 21.7. The van der Waals surface area contributed by atoms with Crippen LogP contribution in [0.2, 0.25) is 0 Å². The highest BCUT2D eigenvalue weighted by Crippen LogP contribution is 2.37. The van der Waals surface area contributed by atoms with Crippen LogP contribution >= 0.6 is 0 Å². The molecular formula is C23H19N3O3S. The van der Waals surface area contributed by atoms with Crippen LogP contribution < -0.4 is 5.32 Å². The molecule has 0 aromatic heterocycles. The summed E-state index contributed by atoms with van der Waals surface area (Å²) < 4.78 is 26.5. The van der Waals surface area contributed by atoms with Crippen molar-refractivity contribution in [3.05, 3.63) is 83.4 Å². The standard InChI is InChI=1S/C23H19N3O3S/c1-26(30(28,29)22-9-5-3-7-18(22)14-24)15-23(27)25-19-11-10-17-12-16-6-2-4-8-20(16)21(17)13-19/h2-11,13H,12,15H2,1H3,(H,25,27). The minimum atomic E-state index is -3.97. The Morgan fingerprint density at radius 1 is 1.03 bits per heavy atom. The lowest BCUT2D eigenvalue weighted by Gasteiger charge is -2.17. The molecule has 150 valence electrons. The molecule has 0 heterocycles. The lowest BCUT2D eigenvalue weighted by Crippen LogP contribution is -2.35. The molecule has 4 rings (SSSR count). The van der Waals surface area contributed by atoms with Crippen molar-refractivity contribution in [3.63, 3.8) is 0 Å². The second-order valence-electron chi connectivity index (χ2n) is 7.12. The van der Waals surface area contributed by atoms with Gasteiger partial charge in [0.2, 0.25) is 15.9 Å². The summed E-state index contributed by atoms with van der Waals surface area (Å²) in [5.74, 6) is -0.457. The summed E-state index contributed by atoms with van der Waals surface area (Å²) in [4.78, 5) is 12.4. The fourth-order valence-corrected chi connectivity index (χ4v) is 4.91. The smallest absolute Gasteiger partial charge is 0.244 e. The Balaban J connectivity index is 1.50. The fourth-order valence-electron chi connectivity index (χ4n) is 3.64. The first-order valence-electron chi connectivity index (χ1n) is 9.36. The highest BCUT2D eigenvalue weighted by molar-refractivity contribution is 7.89. The van der Waals surface area contributed by atoms with Crippen molar-refractivity contribution in [1.82, 2.24) is 4.31 Å². The summed E-state index contributed by atoms with van der Waals surface area (Å²) in [6.07, 6.45) is 0.860. The zero-order chi connectivity index (χ0) is 21.3. The van der Waals surface area contributed by atoms with Gasteiger partial charge in [-0.2, -0.15) is 9.57 Å². The van der Waals surface area contributed by atoms with Crippen molar-refractivity contribution in [1.29, 1.82) is 5.26 Å². The molecule has 0 aliphatic heterocycles. The van der Waals surface area contributed by atoms with E-state index in [0.29, 0.717) is 5.69 Å². The number of nitrogens with one attached hydrogen (secondary N) is 1. The number of nitrogens with zero attached hydrogens (tertiary/aromatic N) is 2. The number of hydrogen-bond donors (Lipinski definition) is 1. The van der Waals surface area contributed by atoms with Gasteiger partial charge in [-0.15, -0.1) is 0 Å². The lowest BCUT2D eigenvalue weighted by atomic mass is 10.1. The number of nitriles is 1. The molecule has 1 aliphatic rings. The second-order valence-corrected chi connectivity index (χ2v) is 9.14. The van der Waals surface area contributed by atoms with Gasteiger partial charge in [0.25, 0.3) is 0 Å². The summed E-state index contributed by atoms with van der Waals surface area (Å²) >= 11 is 0. The van der Waals surface area contributed by atoms with Crippen LogP contribution in [0.15, 0.2) is 71.6 Å². The molecule has 0 fully saturated rings. The van der Waals surface area contributed by atoms with E-state index < -0.39 is 15.9 Å². The van der Waals surface area contributed by atoms with E-state index in [2.05, 4.69) is 17.4 Å². The van der Waals surface area contributed by atoms with Crippen molar-refractivity contribution in [2.45, 2.75) is 11.3 Å². The average Bonchev–Trinajstić information content (AvgIpc) is 3.11. The maximum absolute atomic E-state index is 12.8. The zero-order valence-corrected chi connectivity index (χ0v) is 17.1. The molecule has 0 saturated heterocycles. The Kier molecular flexibility index (Phi) is 5.12. The molecular weight excluding hydrogens is 398 g/mol. The molecule has 1 amide bonds. The van der Waals surface area contributed by atoms with Crippen molar-refractivity contribution in [2.75, 3.05) is 18.9 Å². The number of amides is 1. The summed E-state index contributed by atoms with van der Waals surface area (Å²) in [6.45, 7) is -0.365. The number of fused-ring (bicyclic) bond motifs is 3. The van der Waals surface area contributed by atoms with Crippen LogP contribution in [0, 0.1) is 11.3 Å². The molecule has 7 heteroatoms. The van der Waals surface area contributed by atoms with E-state index in [4.69, 9.17) is 0 Å². The summed E-state index contributed by atoms with van der Waals surface area (Å²) in [5, 5.41) is 12.0. The largest absolute Gasteiger partial charge is 0.325 e. The molecule has 0 spiro atoms. The predicted octanol–water partition coefficient (Wildman–Crippen LogP) is 3.39. The van der Waals surface area contributed by atoms with E-state index in [9.17, 15) is 18.5 Å². The van der Waals surface area contributed by atoms with Gasteiger partial charge in [0, 0.05) is 12.7 Å². The van der Waals surface area contributed by atoms with Crippen LogP contribution in [0.4, 0.5) is 5.69 Å². The molecule has 1 aliphatic carbocycles. The van der Waals surface area contributed by atoms with Gasteiger partial charge in [-0.25, -0.2) is 8.42 Å². The zero-order valence-electron chi connectivity index (χ0n) is 16.3. The van der Waals surface area contributed by atoms with Crippen molar-refractivity contribution >= 4 is 21.6 Å². The monoisotopic (exact) mass is 417 g/mol. The van der Waals surface area contributed by atoms with Gasteiger partial charge in [0.05, 0.1) is 17.0 Å². The number of carbonyl (C=O) groups is 1. The third-order valence-corrected chi connectivity index (χ3v) is 7.01. The third-order valence-electron chi connectivity index (χ3n) is 5.14. The van der Waals surface area contributed by atoms with Crippen molar-refractivity contribution in [3.8, 4) is 17.2 Å². The van der Waals surface area contributed by atoms with Crippen LogP contribution in [0.3, 0.4) is 0 Å². The molecule has 0 radical (unpaired) electrons. The first kappa shape index (κ1) is 19.8. The minimum absolute atomic E-state index is 0.0436. The Labute approximate surface area is 175 Å². The second kappa shape index (κ2) is 7.75. The molecule has 30 heavy (non-hydrogen) atoms. The quantitative estimate of drug-likeness (QED) is 0.539. The molecule has 3 aromatic rings. The van der Waals surface area contributed by atoms with Crippen molar-refractivity contribution < 1.29 is 13.2 Å². The predicted molar refractivity (Wildman–Crippen MR) is 114 cm³/mol. The van der Waals surface area contributed by atoms with E-state index >= 15 is 0 Å². The number of rotatable bonds is 5. The number of likely N-dealkylation sites (N-methyl/N-ethyl adjacent to an activating group) is 1. The fraction of sp³-hybridized carbons (Fsp3) is 0.130. The lowest BCUT2D eigenvalue weighted by molar-refractivity contribution is -0.116. The first-order chi connectivity index (χ1) is 14.4. The van der Waals surface area contributed by atoms with Crippen molar-refractivity contribution in [2.24, 2.45) is 0 Å². The number of benzene rings is 3. The van der Waals surface area contributed by atoms with E-state index in [0.717, 1.165) is 21.9 Å². The van der Waals surface area contributed by atoms with E-state index in [1.807, 2.05) is 36.4 Å². The minimum Gasteiger partial charge on any atom is -0.325 e. The van der Waals surface area contributed by atoms with Gasteiger partial charge in [-0.1, -0.05) is 42.5 Å². The normalized spacial score (nSPS) is 12.2. The van der Waals surface area contributed by atoms with E-state index in [1.165, 1.54) is 30.3 Å². The number of hydrogen-bond acceptors (Lipinski definition) is 4. The van der Waals surface area contributed by atoms with E-state index in [1.54, 1.807) is 12.1 Å². The Bertz CT molecular complexity index is 1290. The number of carbonyl (C=O) groups excluding carboxylic acids is 1. The molecule has 0 unspecified atom stereocenters. The molecule has 0 atom stereocenters. The van der Waals surface area contributed by atoms with Gasteiger partial charge >= 0.3 is 0 Å². The Morgan fingerprint density at radius 3 is 2.53 bits per heavy atom. The van der Waals surface area contributed by atoms with Gasteiger partial charge in [0.1, 0.15) is 6.07 Å². The van der Waals surface area contributed by atoms with Gasteiger partial charge < -0.3 is 5.32 Å². The van der Waals surface area contributed by atoms with Crippen LogP contribution in [-0.4, -0.2) is 32.2 Å². The molecule has 0 bridgehead atoms. The Morgan fingerprint density at radius 2 is 1.73 bits per heavy atom. The average molecular weight is 417 g/mol. The van der Waals surface area contributed by atoms with Crippen LogP contribution in [0.25, 0.3) is 11.1 Å². The Hall–Kier alpha value is -3.47. The highest BCUT2D eigenvalue weighted by atomic mass is 32.2. The van der Waals surface area contributed by atoms with Crippen LogP contribution in [-0.2, 0) is 21.2 Å². The number of anilines is 1. The van der Waals surface area contributed by atoms with Gasteiger partial charge in [-0.05, 0) is 52.9 Å². The maximum Gasteiger partial charge on any atom is 0.244 e. The van der Waals surface area contributed by atoms with Crippen LogP contribution in [0.5, 0.6) is 0 Å². The molecule has 3 aromatic carbocycles. The third kappa shape index (κ3) is 3.59. The topological polar surface area (TPSA) is 90.3 Å². The highest BCUT2D eigenvalue weighted by Gasteiger charge is 2.26. The van der Waals surface area contributed by atoms with E-state index in [-0.39, 0.29) is 17.0 Å². The van der Waals surface area contributed by atoms with Gasteiger partial charge in [-0.3, -0.25) is 4.79 Å². The summed E-state index contributed by atoms with van der Waals surface area (Å²) in [7, 11) is -2.65. The number of sulfonamides is 1. The maximum atomic E-state index is 12.8.